The number of aliphatic hydroxyl groups excluding tert-OH is 2. The Morgan fingerprint density at radius 1 is 0.439 bits per heavy atom. The summed E-state index contributed by atoms with van der Waals surface area (Å²) in [5, 5.41) is 23.0. The molecule has 3 N–H and O–H groups in total. The van der Waals surface area contributed by atoms with Crippen LogP contribution in [-0.4, -0.2) is 34.9 Å². The molecule has 2 atom stereocenters. The van der Waals surface area contributed by atoms with E-state index in [1.54, 1.807) is 6.08 Å². The number of unbranched alkanes of at least 4 members (excludes halogenated alkanes) is 21. The monoisotopic (exact) mass is 790 g/mol. The maximum Gasteiger partial charge on any atom is 0.220 e. The van der Waals surface area contributed by atoms with E-state index < -0.39 is 12.1 Å². The largest absolute Gasteiger partial charge is 0.394 e. The Labute approximate surface area is 353 Å². The number of carbonyl (C=O) groups excluding carboxylic acids is 1. The van der Waals surface area contributed by atoms with Crippen molar-refractivity contribution in [3.63, 3.8) is 0 Å². The van der Waals surface area contributed by atoms with Crippen LogP contribution in [-0.2, 0) is 4.79 Å². The third-order valence-corrected chi connectivity index (χ3v) is 10.3. The molecular weight excluding hydrogens is 699 g/mol. The summed E-state index contributed by atoms with van der Waals surface area (Å²) in [5.41, 5.74) is 0. The van der Waals surface area contributed by atoms with Gasteiger partial charge in [0.05, 0.1) is 18.8 Å². The molecule has 0 aromatic carbocycles. The lowest BCUT2D eigenvalue weighted by Gasteiger charge is -2.19. The van der Waals surface area contributed by atoms with Gasteiger partial charge in [0, 0.05) is 6.42 Å². The molecule has 4 nitrogen and oxygen atoms in total. The first-order valence-electron chi connectivity index (χ1n) is 24.0. The average molecular weight is 790 g/mol. The molecule has 0 saturated heterocycles. The number of aliphatic hydroxyl groups is 2. The highest BCUT2D eigenvalue weighted by atomic mass is 16.3. The zero-order valence-corrected chi connectivity index (χ0v) is 37.3. The summed E-state index contributed by atoms with van der Waals surface area (Å²) in [7, 11) is 0. The van der Waals surface area contributed by atoms with Gasteiger partial charge in [0.1, 0.15) is 0 Å². The molecule has 0 aromatic heterocycles. The van der Waals surface area contributed by atoms with Crippen LogP contribution in [0, 0.1) is 0 Å². The highest BCUT2D eigenvalue weighted by molar-refractivity contribution is 5.76. The second kappa shape index (κ2) is 47.7. The number of hydrogen-bond donors (Lipinski definition) is 3. The van der Waals surface area contributed by atoms with Crippen LogP contribution in [0.4, 0.5) is 0 Å². The van der Waals surface area contributed by atoms with Crippen molar-refractivity contribution in [1.82, 2.24) is 5.32 Å². The predicted octanol–water partition coefficient (Wildman–Crippen LogP) is 15.4. The van der Waals surface area contributed by atoms with Crippen molar-refractivity contribution in [2.75, 3.05) is 6.61 Å². The van der Waals surface area contributed by atoms with E-state index in [9.17, 15) is 15.0 Å². The maximum atomic E-state index is 12.4. The minimum atomic E-state index is -0.869. The summed E-state index contributed by atoms with van der Waals surface area (Å²) >= 11 is 0. The van der Waals surface area contributed by atoms with E-state index >= 15 is 0 Å². The van der Waals surface area contributed by atoms with Gasteiger partial charge in [0.15, 0.2) is 0 Å². The zero-order valence-electron chi connectivity index (χ0n) is 37.3. The van der Waals surface area contributed by atoms with Crippen LogP contribution >= 0.6 is 0 Å². The number of nitrogens with one attached hydrogen (secondary N) is 1. The Kier molecular flexibility index (Phi) is 45.4. The molecule has 0 aliphatic heterocycles. The molecule has 326 valence electrons. The topological polar surface area (TPSA) is 69.6 Å². The van der Waals surface area contributed by atoms with Gasteiger partial charge in [0.25, 0.3) is 0 Å². The molecule has 0 heterocycles. The summed E-state index contributed by atoms with van der Waals surface area (Å²) in [6.45, 7) is 4.17. The molecule has 1 amide bonds. The van der Waals surface area contributed by atoms with Gasteiger partial charge in [-0.25, -0.2) is 0 Å². The van der Waals surface area contributed by atoms with Crippen LogP contribution in [0.15, 0.2) is 97.2 Å². The maximum absolute atomic E-state index is 12.4. The molecule has 0 rings (SSSR count). The fourth-order valence-electron chi connectivity index (χ4n) is 6.67. The fourth-order valence-corrected chi connectivity index (χ4v) is 6.67. The molecule has 0 saturated carbocycles. The summed E-state index contributed by atoms with van der Waals surface area (Å²) < 4.78 is 0. The number of allylic oxidation sites excluding steroid dienone is 15. The summed E-state index contributed by atoms with van der Waals surface area (Å²) in [4.78, 5) is 12.4. The van der Waals surface area contributed by atoms with Crippen LogP contribution in [0.1, 0.15) is 213 Å². The smallest absolute Gasteiger partial charge is 0.220 e. The molecular formula is C53H91NO3. The standard InChI is InChI=1S/C53H91NO3/c1-3-5-7-9-11-13-15-17-19-21-22-23-24-25-26-27-28-29-30-31-32-33-35-37-39-41-43-45-47-49-53(57)54-51(50-55)52(56)48-46-44-42-40-38-36-34-20-18-16-14-12-10-8-6-4-2/h5,7,11,13,17,19,22-23,25-26,28-29,38,40,46,48,51-52,55-56H,3-4,6,8-10,12,14-16,18,20-21,24,27,30-37,39,41-45,47,49-50H2,1-2H3,(H,54,57)/b7-5-,13-11-,19-17-,23-22-,26-25-,29-28-,40-38+,48-46+. The summed E-state index contributed by atoms with van der Waals surface area (Å²) in [6, 6.07) is -0.647. The second-order valence-corrected chi connectivity index (χ2v) is 15.8. The highest BCUT2D eigenvalue weighted by Crippen LogP contribution is 2.14. The van der Waals surface area contributed by atoms with Crippen molar-refractivity contribution >= 4 is 5.91 Å². The van der Waals surface area contributed by atoms with Gasteiger partial charge in [-0.15, -0.1) is 0 Å². The van der Waals surface area contributed by atoms with E-state index in [1.165, 1.54) is 122 Å². The van der Waals surface area contributed by atoms with Crippen LogP contribution < -0.4 is 5.32 Å². The number of carbonyl (C=O) groups is 1. The van der Waals surface area contributed by atoms with E-state index in [2.05, 4.69) is 104 Å². The predicted molar refractivity (Wildman–Crippen MR) is 253 cm³/mol. The van der Waals surface area contributed by atoms with Crippen LogP contribution in [0.5, 0.6) is 0 Å². The summed E-state index contributed by atoms with van der Waals surface area (Å²) in [6.07, 6.45) is 71.0. The Hall–Kier alpha value is -2.69. The van der Waals surface area contributed by atoms with Crippen molar-refractivity contribution < 1.29 is 15.0 Å². The minimum absolute atomic E-state index is 0.0829. The third-order valence-electron chi connectivity index (χ3n) is 10.3. The van der Waals surface area contributed by atoms with Crippen molar-refractivity contribution in [3.05, 3.63) is 97.2 Å². The van der Waals surface area contributed by atoms with Gasteiger partial charge in [-0.05, 0) is 83.5 Å². The molecule has 0 spiro atoms. The van der Waals surface area contributed by atoms with Gasteiger partial charge in [-0.2, -0.15) is 0 Å². The van der Waals surface area contributed by atoms with E-state index in [4.69, 9.17) is 0 Å². The normalized spacial score (nSPS) is 13.8. The van der Waals surface area contributed by atoms with Gasteiger partial charge < -0.3 is 15.5 Å². The molecule has 0 bridgehead atoms. The van der Waals surface area contributed by atoms with E-state index in [0.717, 1.165) is 70.6 Å². The molecule has 0 aromatic rings. The molecule has 4 heteroatoms. The summed E-state index contributed by atoms with van der Waals surface area (Å²) in [5.74, 6) is -0.0829. The number of rotatable bonds is 42. The first-order valence-corrected chi connectivity index (χ1v) is 24.0. The Morgan fingerprint density at radius 3 is 1.23 bits per heavy atom. The van der Waals surface area contributed by atoms with Crippen molar-refractivity contribution in [2.24, 2.45) is 0 Å². The second-order valence-electron chi connectivity index (χ2n) is 15.8. The van der Waals surface area contributed by atoms with E-state index in [1.807, 2.05) is 6.08 Å². The molecule has 2 unspecified atom stereocenters. The quantitative estimate of drug-likeness (QED) is 0.0426. The van der Waals surface area contributed by atoms with Crippen molar-refractivity contribution in [3.8, 4) is 0 Å². The molecule has 0 radical (unpaired) electrons. The first kappa shape index (κ1) is 54.3. The Morgan fingerprint density at radius 2 is 0.789 bits per heavy atom. The van der Waals surface area contributed by atoms with Crippen LogP contribution in [0.2, 0.25) is 0 Å². The van der Waals surface area contributed by atoms with Crippen LogP contribution in [0.3, 0.4) is 0 Å². The van der Waals surface area contributed by atoms with Gasteiger partial charge in [0.2, 0.25) is 5.91 Å². The van der Waals surface area contributed by atoms with Gasteiger partial charge in [-0.3, -0.25) is 4.79 Å². The zero-order chi connectivity index (χ0) is 41.4. The Bertz CT molecular complexity index is 1080. The average Bonchev–Trinajstić information content (AvgIpc) is 3.22. The first-order chi connectivity index (χ1) is 28.2. The molecule has 0 fully saturated rings. The molecule has 0 aliphatic rings. The number of hydrogen-bond acceptors (Lipinski definition) is 3. The minimum Gasteiger partial charge on any atom is -0.394 e. The van der Waals surface area contributed by atoms with E-state index in [0.29, 0.717) is 6.42 Å². The van der Waals surface area contributed by atoms with Crippen molar-refractivity contribution in [1.29, 1.82) is 0 Å². The van der Waals surface area contributed by atoms with Gasteiger partial charge in [-0.1, -0.05) is 220 Å². The lowest BCUT2D eigenvalue weighted by molar-refractivity contribution is -0.123. The Balaban J connectivity index is 3.63. The molecule has 0 aliphatic carbocycles. The lowest BCUT2D eigenvalue weighted by Crippen LogP contribution is -2.45. The number of amides is 1. The van der Waals surface area contributed by atoms with Crippen LogP contribution in [0.25, 0.3) is 0 Å². The van der Waals surface area contributed by atoms with Crippen molar-refractivity contribution in [2.45, 2.75) is 225 Å². The van der Waals surface area contributed by atoms with Gasteiger partial charge >= 0.3 is 0 Å². The SMILES string of the molecule is CC/C=C\C/C=C\C/C=C\C/C=C\C/C=C\C/C=C\CCCCCCCCCCCCC(=O)NC(CO)C(O)/C=C/CC/C=C/CCCCCCCCCCCC. The van der Waals surface area contributed by atoms with E-state index in [-0.39, 0.29) is 12.5 Å². The fraction of sp³-hybridized carbons (Fsp3) is 0.679. The lowest BCUT2D eigenvalue weighted by atomic mass is 10.0. The molecule has 57 heavy (non-hydrogen) atoms. The highest BCUT2D eigenvalue weighted by Gasteiger charge is 2.17. The third kappa shape index (κ3) is 44.3.